The first-order valence-corrected chi connectivity index (χ1v) is 5.96. The van der Waals surface area contributed by atoms with E-state index in [2.05, 4.69) is 32.7 Å². The molecule has 2 N–H and O–H groups in total. The summed E-state index contributed by atoms with van der Waals surface area (Å²) in [6.07, 6.45) is 4.11. The number of nitrogens with zero attached hydrogens (tertiary/aromatic N) is 1. The molecule has 84 valence electrons. The van der Waals surface area contributed by atoms with Crippen LogP contribution in [0.5, 0.6) is 0 Å². The first-order chi connectivity index (χ1) is 6.54. The Morgan fingerprint density at radius 3 is 2.14 bits per heavy atom. The van der Waals surface area contributed by atoms with Crippen molar-refractivity contribution in [2.45, 2.75) is 52.1 Å². The molecule has 0 aliphatic heterocycles. The Labute approximate surface area is 88.8 Å². The van der Waals surface area contributed by atoms with E-state index in [1.165, 1.54) is 19.3 Å². The molecule has 0 saturated heterocycles. The fourth-order valence-corrected chi connectivity index (χ4v) is 2.76. The Bertz CT molecular complexity index is 160. The highest BCUT2D eigenvalue weighted by Gasteiger charge is 2.28. The quantitative estimate of drug-likeness (QED) is 0.752. The van der Waals surface area contributed by atoms with Crippen molar-refractivity contribution in [3.05, 3.63) is 0 Å². The number of hydrogen-bond donors (Lipinski definition) is 1. The van der Waals surface area contributed by atoms with Crippen molar-refractivity contribution in [1.82, 2.24) is 4.90 Å². The van der Waals surface area contributed by atoms with Gasteiger partial charge in [0.1, 0.15) is 0 Å². The normalized spacial score (nSPS) is 36.0. The summed E-state index contributed by atoms with van der Waals surface area (Å²) in [4.78, 5) is 2.48. The maximum absolute atomic E-state index is 5.71. The second-order valence-electron chi connectivity index (χ2n) is 5.32. The van der Waals surface area contributed by atoms with E-state index in [1.807, 2.05) is 0 Å². The SMILES string of the molecule is CC1CC(C)CC(N(C)[C@@H](C)CN)C1. The van der Waals surface area contributed by atoms with Gasteiger partial charge in [0, 0.05) is 18.6 Å². The van der Waals surface area contributed by atoms with Gasteiger partial charge < -0.3 is 5.73 Å². The molecule has 1 aliphatic carbocycles. The van der Waals surface area contributed by atoms with E-state index in [9.17, 15) is 0 Å². The van der Waals surface area contributed by atoms with Gasteiger partial charge in [-0.05, 0) is 45.1 Å². The molecular formula is C12H26N2. The van der Waals surface area contributed by atoms with Gasteiger partial charge in [-0.25, -0.2) is 0 Å². The first kappa shape index (κ1) is 12.0. The summed E-state index contributed by atoms with van der Waals surface area (Å²) >= 11 is 0. The zero-order valence-corrected chi connectivity index (χ0v) is 10.2. The highest BCUT2D eigenvalue weighted by molar-refractivity contribution is 4.82. The van der Waals surface area contributed by atoms with E-state index >= 15 is 0 Å². The van der Waals surface area contributed by atoms with Crippen molar-refractivity contribution in [3.8, 4) is 0 Å². The van der Waals surface area contributed by atoms with Crippen molar-refractivity contribution < 1.29 is 0 Å². The molecular weight excluding hydrogens is 172 g/mol. The number of nitrogens with two attached hydrogens (primary N) is 1. The Hall–Kier alpha value is -0.0800. The number of likely N-dealkylation sites (N-methyl/N-ethyl adjacent to an activating group) is 1. The lowest BCUT2D eigenvalue weighted by Gasteiger charge is -2.39. The molecule has 0 aromatic carbocycles. The third-order valence-corrected chi connectivity index (χ3v) is 3.77. The molecule has 0 heterocycles. The van der Waals surface area contributed by atoms with Crippen LogP contribution in [0.1, 0.15) is 40.0 Å². The van der Waals surface area contributed by atoms with E-state index in [-0.39, 0.29) is 0 Å². The molecule has 0 aromatic rings. The molecule has 0 aromatic heterocycles. The smallest absolute Gasteiger partial charge is 0.0190 e. The molecule has 0 amide bonds. The van der Waals surface area contributed by atoms with Gasteiger partial charge in [0.25, 0.3) is 0 Å². The Morgan fingerprint density at radius 1 is 1.21 bits per heavy atom. The zero-order valence-electron chi connectivity index (χ0n) is 10.2. The molecule has 2 unspecified atom stereocenters. The van der Waals surface area contributed by atoms with Crippen molar-refractivity contribution in [2.24, 2.45) is 17.6 Å². The minimum absolute atomic E-state index is 0.525. The summed E-state index contributed by atoms with van der Waals surface area (Å²) in [7, 11) is 2.23. The molecule has 2 nitrogen and oxygen atoms in total. The van der Waals surface area contributed by atoms with Crippen LogP contribution in [0.2, 0.25) is 0 Å². The van der Waals surface area contributed by atoms with Crippen LogP contribution in [0.4, 0.5) is 0 Å². The number of rotatable bonds is 3. The van der Waals surface area contributed by atoms with Gasteiger partial charge in [0.2, 0.25) is 0 Å². The standard InChI is InChI=1S/C12H26N2/c1-9-5-10(2)7-12(6-9)14(4)11(3)8-13/h9-12H,5-8,13H2,1-4H3/t9?,10?,11-,12?/m0/s1. The Morgan fingerprint density at radius 2 is 1.71 bits per heavy atom. The zero-order chi connectivity index (χ0) is 10.7. The molecule has 2 heteroatoms. The van der Waals surface area contributed by atoms with Crippen LogP contribution in [-0.2, 0) is 0 Å². The first-order valence-electron chi connectivity index (χ1n) is 5.96. The van der Waals surface area contributed by atoms with Gasteiger partial charge in [0.05, 0.1) is 0 Å². The average Bonchev–Trinajstić information content (AvgIpc) is 2.14. The van der Waals surface area contributed by atoms with E-state index in [1.54, 1.807) is 0 Å². The predicted octanol–water partition coefficient (Wildman–Crippen LogP) is 2.09. The lowest BCUT2D eigenvalue weighted by atomic mass is 9.79. The third kappa shape index (κ3) is 2.96. The van der Waals surface area contributed by atoms with Gasteiger partial charge in [-0.3, -0.25) is 4.90 Å². The maximum Gasteiger partial charge on any atom is 0.0190 e. The van der Waals surface area contributed by atoms with Crippen LogP contribution in [0.15, 0.2) is 0 Å². The summed E-state index contributed by atoms with van der Waals surface area (Å²) in [6.45, 7) is 7.76. The highest BCUT2D eigenvalue weighted by atomic mass is 15.2. The summed E-state index contributed by atoms with van der Waals surface area (Å²) in [6, 6.07) is 1.28. The van der Waals surface area contributed by atoms with Crippen LogP contribution in [0, 0.1) is 11.8 Å². The van der Waals surface area contributed by atoms with E-state index in [4.69, 9.17) is 5.73 Å². The second-order valence-corrected chi connectivity index (χ2v) is 5.32. The maximum atomic E-state index is 5.71. The van der Waals surface area contributed by atoms with Gasteiger partial charge in [-0.2, -0.15) is 0 Å². The molecule has 1 fully saturated rings. The minimum Gasteiger partial charge on any atom is -0.329 e. The van der Waals surface area contributed by atoms with Crippen molar-refractivity contribution in [2.75, 3.05) is 13.6 Å². The van der Waals surface area contributed by atoms with Crippen LogP contribution in [0.25, 0.3) is 0 Å². The Balaban J connectivity index is 2.50. The van der Waals surface area contributed by atoms with Crippen molar-refractivity contribution in [3.63, 3.8) is 0 Å². The minimum atomic E-state index is 0.525. The summed E-state index contributed by atoms with van der Waals surface area (Å²) < 4.78 is 0. The molecule has 0 bridgehead atoms. The molecule has 1 aliphatic rings. The van der Waals surface area contributed by atoms with Crippen LogP contribution < -0.4 is 5.73 Å². The lowest BCUT2D eigenvalue weighted by molar-refractivity contribution is 0.105. The number of hydrogen-bond acceptors (Lipinski definition) is 2. The van der Waals surface area contributed by atoms with E-state index in [0.29, 0.717) is 6.04 Å². The summed E-state index contributed by atoms with van der Waals surface area (Å²) in [5.41, 5.74) is 5.71. The average molecular weight is 198 g/mol. The van der Waals surface area contributed by atoms with Gasteiger partial charge in [-0.1, -0.05) is 13.8 Å². The van der Waals surface area contributed by atoms with Crippen LogP contribution in [0.3, 0.4) is 0 Å². The fraction of sp³-hybridized carbons (Fsp3) is 1.00. The topological polar surface area (TPSA) is 29.3 Å². The summed E-state index contributed by atoms with van der Waals surface area (Å²) in [5, 5.41) is 0. The molecule has 1 rings (SSSR count). The molecule has 0 spiro atoms. The molecule has 1 saturated carbocycles. The van der Waals surface area contributed by atoms with Gasteiger partial charge in [0.15, 0.2) is 0 Å². The van der Waals surface area contributed by atoms with Crippen LogP contribution >= 0.6 is 0 Å². The largest absolute Gasteiger partial charge is 0.329 e. The predicted molar refractivity (Wildman–Crippen MR) is 62.2 cm³/mol. The fourth-order valence-electron chi connectivity index (χ4n) is 2.76. The molecule has 0 radical (unpaired) electrons. The monoisotopic (exact) mass is 198 g/mol. The second kappa shape index (κ2) is 5.13. The third-order valence-electron chi connectivity index (χ3n) is 3.77. The van der Waals surface area contributed by atoms with E-state index in [0.717, 1.165) is 24.4 Å². The van der Waals surface area contributed by atoms with Crippen LogP contribution in [-0.4, -0.2) is 30.6 Å². The van der Waals surface area contributed by atoms with E-state index < -0.39 is 0 Å². The Kier molecular flexibility index (Phi) is 4.39. The highest BCUT2D eigenvalue weighted by Crippen LogP contribution is 2.31. The molecule has 3 atom stereocenters. The van der Waals surface area contributed by atoms with Gasteiger partial charge in [-0.15, -0.1) is 0 Å². The van der Waals surface area contributed by atoms with Crippen molar-refractivity contribution >= 4 is 0 Å². The van der Waals surface area contributed by atoms with Crippen molar-refractivity contribution in [1.29, 1.82) is 0 Å². The summed E-state index contributed by atoms with van der Waals surface area (Å²) in [5.74, 6) is 1.77. The van der Waals surface area contributed by atoms with Gasteiger partial charge >= 0.3 is 0 Å². The lowest BCUT2D eigenvalue weighted by Crippen LogP contribution is -2.45. The molecule has 14 heavy (non-hydrogen) atoms.